The molecule has 48 heavy (non-hydrogen) atoms. The summed E-state index contributed by atoms with van der Waals surface area (Å²) in [6.07, 6.45) is 10.0. The van der Waals surface area contributed by atoms with E-state index in [0.29, 0.717) is 49.4 Å². The fourth-order valence-electron chi connectivity index (χ4n) is 12.5. The number of fused-ring (bicyclic) bond motifs is 3. The van der Waals surface area contributed by atoms with Crippen molar-refractivity contribution in [2.24, 2.45) is 62.6 Å². The molecule has 0 unspecified atom stereocenters. The molecule has 1 saturated heterocycles. The van der Waals surface area contributed by atoms with E-state index < -0.39 is 11.9 Å². The Morgan fingerprint density at radius 1 is 1.12 bits per heavy atom. The van der Waals surface area contributed by atoms with Crippen molar-refractivity contribution < 1.29 is 19.4 Å². The van der Waals surface area contributed by atoms with Gasteiger partial charge in [-0.25, -0.2) is 4.68 Å². The Bertz CT molecular complexity index is 1380. The topological polar surface area (TPSA) is 111 Å². The van der Waals surface area contributed by atoms with E-state index in [-0.39, 0.29) is 44.8 Å². The lowest BCUT2D eigenvalue weighted by Crippen LogP contribution is -2.69. The van der Waals surface area contributed by atoms with Gasteiger partial charge in [-0.1, -0.05) is 80.9 Å². The highest BCUT2D eigenvalue weighted by molar-refractivity contribution is 5.73. The van der Waals surface area contributed by atoms with E-state index in [1.807, 2.05) is 4.68 Å². The number of carboxylic acid groups (broad SMARTS) is 1. The van der Waals surface area contributed by atoms with Crippen molar-refractivity contribution in [3.63, 3.8) is 0 Å². The second kappa shape index (κ2) is 12.1. The zero-order valence-electron chi connectivity index (χ0n) is 31.8. The molecule has 0 radical (unpaired) electrons. The molecule has 3 saturated carbocycles. The molecule has 9 heteroatoms. The summed E-state index contributed by atoms with van der Waals surface area (Å²) >= 11 is 0. The number of ether oxygens (including phenoxy) is 2. The number of nitrogens with one attached hydrogen (secondary N) is 1. The molecular formula is C39H65N5O4. The van der Waals surface area contributed by atoms with Gasteiger partial charge in [0, 0.05) is 16.4 Å². The second-order valence-corrected chi connectivity index (χ2v) is 18.7. The SMILES string of the molecule is CCN[C@](C)(CO[C@H]1[C@H](n2cnnn2)C[C@@]23COC[C@]1(C)[C@@H]2CC[C@H]1C3=CC[C@@]2(C)[C@H](C(=O)O)[C@@](C)([C@H](C)C(C)C)CC[C@]12C)C(C)C. The highest BCUT2D eigenvalue weighted by Gasteiger charge is 2.72. The molecule has 4 fully saturated rings. The Balaban J connectivity index is 1.42. The molecule has 1 aromatic rings. The molecule has 270 valence electrons. The third kappa shape index (κ3) is 4.93. The molecule has 2 bridgehead atoms. The maximum Gasteiger partial charge on any atom is 0.307 e. The van der Waals surface area contributed by atoms with Gasteiger partial charge in [0.15, 0.2) is 0 Å². The van der Waals surface area contributed by atoms with Crippen LogP contribution in [-0.4, -0.2) is 69.3 Å². The molecule has 0 aromatic carbocycles. The molecule has 0 spiro atoms. The predicted molar refractivity (Wildman–Crippen MR) is 187 cm³/mol. The number of hydrogen-bond donors (Lipinski definition) is 2. The number of aliphatic carboxylic acids is 1. The quantitative estimate of drug-likeness (QED) is 0.252. The molecule has 1 aliphatic heterocycles. The standard InChI is InChI=1S/C39H65N5O4/c1-12-40-38(11,25(4)5)21-48-32-29(44-23-41-42-43-44)19-39-22-47-20-35(32,8)30(39)14-13-27-28(39)15-16-37(10)31(33(45)46)34(7,26(6)24(2)3)17-18-36(27,37)9/h15,23-27,29-32,40H,12-14,16-22H2,1-11H3,(H,45,46)/t26-,27+,29-,30+,31-,32+,34-,35-,36-,37+,38-,39+/m1/s1. The van der Waals surface area contributed by atoms with Gasteiger partial charge in [-0.3, -0.25) is 4.79 Å². The van der Waals surface area contributed by atoms with Crippen LogP contribution >= 0.6 is 0 Å². The predicted octanol–water partition coefficient (Wildman–Crippen LogP) is 7.21. The highest BCUT2D eigenvalue weighted by Crippen LogP contribution is 2.75. The Morgan fingerprint density at radius 3 is 2.46 bits per heavy atom. The van der Waals surface area contributed by atoms with Crippen LogP contribution in [-0.2, 0) is 14.3 Å². The van der Waals surface area contributed by atoms with Gasteiger partial charge >= 0.3 is 5.97 Å². The van der Waals surface area contributed by atoms with Crippen molar-refractivity contribution in [2.45, 2.75) is 132 Å². The molecule has 0 amide bonds. The number of carboxylic acids is 1. The molecule has 6 rings (SSSR count). The number of hydrogen-bond acceptors (Lipinski definition) is 7. The summed E-state index contributed by atoms with van der Waals surface area (Å²) in [4.78, 5) is 13.4. The Hall–Kier alpha value is -1.84. The van der Waals surface area contributed by atoms with Crippen molar-refractivity contribution in [3.05, 3.63) is 18.0 Å². The third-order valence-corrected chi connectivity index (χ3v) is 16.2. The number of nitrogens with zero attached hydrogens (tertiary/aromatic N) is 4. The number of aromatic nitrogens is 4. The number of allylic oxidation sites excluding steroid dienone is 1. The molecule has 2 heterocycles. The first-order chi connectivity index (χ1) is 22.4. The van der Waals surface area contributed by atoms with Crippen molar-refractivity contribution in [1.82, 2.24) is 25.5 Å². The van der Waals surface area contributed by atoms with Crippen LogP contribution in [0.2, 0.25) is 0 Å². The van der Waals surface area contributed by atoms with Gasteiger partial charge in [-0.05, 0) is 108 Å². The highest BCUT2D eigenvalue weighted by atomic mass is 16.5. The minimum atomic E-state index is -0.613. The summed E-state index contributed by atoms with van der Waals surface area (Å²) in [5, 5.41) is 27.5. The molecule has 9 nitrogen and oxygen atoms in total. The minimum Gasteiger partial charge on any atom is -0.481 e. The van der Waals surface area contributed by atoms with Crippen molar-refractivity contribution in [3.8, 4) is 0 Å². The fourth-order valence-corrected chi connectivity index (χ4v) is 12.5. The van der Waals surface area contributed by atoms with Crippen LogP contribution in [0.1, 0.15) is 121 Å². The number of carbonyl (C=O) groups is 1. The maximum atomic E-state index is 13.4. The van der Waals surface area contributed by atoms with Crippen LogP contribution in [0, 0.1) is 62.6 Å². The van der Waals surface area contributed by atoms with Crippen LogP contribution < -0.4 is 5.32 Å². The Labute approximate surface area is 289 Å². The van der Waals surface area contributed by atoms with Crippen molar-refractivity contribution in [1.29, 1.82) is 0 Å². The van der Waals surface area contributed by atoms with Crippen molar-refractivity contribution in [2.75, 3.05) is 26.4 Å². The minimum absolute atomic E-state index is 0.0303. The molecule has 2 N–H and O–H groups in total. The second-order valence-electron chi connectivity index (χ2n) is 18.7. The number of tetrazole rings is 1. The maximum absolute atomic E-state index is 13.4. The zero-order valence-corrected chi connectivity index (χ0v) is 31.8. The fraction of sp³-hybridized carbons (Fsp3) is 0.897. The van der Waals surface area contributed by atoms with E-state index in [0.717, 1.165) is 45.1 Å². The van der Waals surface area contributed by atoms with Gasteiger partial charge in [-0.15, -0.1) is 5.10 Å². The average Bonchev–Trinajstić information content (AvgIpc) is 3.55. The largest absolute Gasteiger partial charge is 0.481 e. The van der Waals surface area contributed by atoms with Crippen molar-refractivity contribution >= 4 is 5.97 Å². The lowest BCUT2D eigenvalue weighted by Gasteiger charge is -2.71. The van der Waals surface area contributed by atoms with E-state index >= 15 is 0 Å². The van der Waals surface area contributed by atoms with E-state index in [1.54, 1.807) is 6.33 Å². The van der Waals surface area contributed by atoms with Gasteiger partial charge in [0.1, 0.15) is 6.33 Å². The van der Waals surface area contributed by atoms with Gasteiger partial charge in [-0.2, -0.15) is 0 Å². The first kappa shape index (κ1) is 36.0. The van der Waals surface area contributed by atoms with Crippen LogP contribution in [0.25, 0.3) is 0 Å². The van der Waals surface area contributed by atoms with Crippen LogP contribution in [0.4, 0.5) is 0 Å². The first-order valence-electron chi connectivity index (χ1n) is 19.1. The van der Waals surface area contributed by atoms with E-state index in [1.165, 1.54) is 5.57 Å². The first-order valence-corrected chi connectivity index (χ1v) is 19.1. The summed E-state index contributed by atoms with van der Waals surface area (Å²) in [5.41, 5.74) is 0.272. The number of likely N-dealkylation sites (N-methyl/N-ethyl adjacent to an activating group) is 1. The van der Waals surface area contributed by atoms with Crippen LogP contribution in [0.15, 0.2) is 18.0 Å². The van der Waals surface area contributed by atoms with E-state index in [4.69, 9.17) is 9.47 Å². The Kier molecular flexibility index (Phi) is 9.10. The van der Waals surface area contributed by atoms with E-state index in [2.05, 4.69) is 103 Å². The van der Waals surface area contributed by atoms with Crippen LogP contribution in [0.3, 0.4) is 0 Å². The van der Waals surface area contributed by atoms with E-state index in [9.17, 15) is 9.90 Å². The normalized spacial score (nSPS) is 44.3. The average molecular weight is 668 g/mol. The van der Waals surface area contributed by atoms with Crippen LogP contribution in [0.5, 0.6) is 0 Å². The lowest BCUT2D eigenvalue weighted by atomic mass is 9.34. The molecular weight excluding hydrogens is 602 g/mol. The zero-order chi connectivity index (χ0) is 35.1. The summed E-state index contributed by atoms with van der Waals surface area (Å²) < 4.78 is 15.8. The number of rotatable bonds is 10. The molecule has 12 atom stereocenters. The van der Waals surface area contributed by atoms with Gasteiger partial charge in [0.25, 0.3) is 0 Å². The monoisotopic (exact) mass is 668 g/mol. The van der Waals surface area contributed by atoms with Gasteiger partial charge in [0.2, 0.25) is 0 Å². The Morgan fingerprint density at radius 2 is 1.85 bits per heavy atom. The summed E-state index contributed by atoms with van der Waals surface area (Å²) in [6.45, 7) is 28.1. The third-order valence-electron chi connectivity index (χ3n) is 16.2. The molecule has 4 aliphatic carbocycles. The smallest absolute Gasteiger partial charge is 0.307 e. The molecule has 5 aliphatic rings. The lowest BCUT2D eigenvalue weighted by molar-refractivity contribution is -0.253. The summed E-state index contributed by atoms with van der Waals surface area (Å²) in [7, 11) is 0. The molecule has 1 aromatic heterocycles. The van der Waals surface area contributed by atoms with Gasteiger partial charge < -0.3 is 19.9 Å². The van der Waals surface area contributed by atoms with Gasteiger partial charge in [0.05, 0.1) is 37.9 Å². The summed E-state index contributed by atoms with van der Waals surface area (Å²) in [5.74, 6) is 0.874. The summed E-state index contributed by atoms with van der Waals surface area (Å²) in [6, 6.07) is -0.0303.